The Kier molecular flexibility index (Phi) is 4.46. The van der Waals surface area contributed by atoms with E-state index in [-0.39, 0.29) is 5.97 Å². The number of esters is 1. The van der Waals surface area contributed by atoms with Gasteiger partial charge in [-0.05, 0) is 24.6 Å². The van der Waals surface area contributed by atoms with E-state index in [1.807, 2.05) is 53.9 Å². The highest BCUT2D eigenvalue weighted by Gasteiger charge is 2.23. The molecule has 0 fully saturated rings. The molecule has 0 N–H and O–H groups in total. The van der Waals surface area contributed by atoms with Gasteiger partial charge in [0.05, 0.1) is 16.3 Å². The SMILES string of the molecule is CCOC(=O)c1sc(SCc2ccccc2)c2c1nc1ccccn12. The molecule has 0 bridgehead atoms. The zero-order chi connectivity index (χ0) is 17.2. The maximum absolute atomic E-state index is 12.4. The van der Waals surface area contributed by atoms with Crippen LogP contribution in [0, 0.1) is 0 Å². The summed E-state index contributed by atoms with van der Waals surface area (Å²) >= 11 is 3.20. The average molecular weight is 368 g/mol. The number of fused-ring (bicyclic) bond motifs is 3. The maximum atomic E-state index is 12.4. The van der Waals surface area contributed by atoms with E-state index in [2.05, 4.69) is 17.1 Å². The quantitative estimate of drug-likeness (QED) is 0.366. The van der Waals surface area contributed by atoms with Crippen molar-refractivity contribution < 1.29 is 9.53 Å². The van der Waals surface area contributed by atoms with E-state index >= 15 is 0 Å². The first-order chi connectivity index (χ1) is 12.3. The van der Waals surface area contributed by atoms with Gasteiger partial charge < -0.3 is 4.74 Å². The van der Waals surface area contributed by atoms with Crippen LogP contribution in [-0.4, -0.2) is 22.0 Å². The largest absolute Gasteiger partial charge is 0.462 e. The molecule has 0 radical (unpaired) electrons. The highest BCUT2D eigenvalue weighted by atomic mass is 32.2. The minimum absolute atomic E-state index is 0.299. The lowest BCUT2D eigenvalue weighted by Gasteiger charge is -2.01. The van der Waals surface area contributed by atoms with Crippen molar-refractivity contribution in [2.45, 2.75) is 16.9 Å². The molecule has 4 aromatic rings. The van der Waals surface area contributed by atoms with Gasteiger partial charge >= 0.3 is 5.97 Å². The van der Waals surface area contributed by atoms with Gasteiger partial charge in [0.15, 0.2) is 0 Å². The first-order valence-corrected chi connectivity index (χ1v) is 9.81. The predicted octanol–water partition coefficient (Wildman–Crippen LogP) is 5.02. The van der Waals surface area contributed by atoms with Crippen LogP contribution in [0.1, 0.15) is 22.2 Å². The molecular formula is C19H16N2O2S2. The van der Waals surface area contributed by atoms with Crippen molar-refractivity contribution in [2.75, 3.05) is 6.61 Å². The summed E-state index contributed by atoms with van der Waals surface area (Å²) in [6.07, 6.45) is 1.99. The third-order valence-corrected chi connectivity index (χ3v) is 6.29. The molecule has 1 aromatic carbocycles. The zero-order valence-corrected chi connectivity index (χ0v) is 15.3. The second kappa shape index (κ2) is 6.90. The summed E-state index contributed by atoms with van der Waals surface area (Å²) in [5.74, 6) is 0.547. The Labute approximate surface area is 153 Å². The van der Waals surface area contributed by atoms with Crippen molar-refractivity contribution in [1.29, 1.82) is 0 Å². The van der Waals surface area contributed by atoms with Crippen molar-refractivity contribution >= 4 is 45.7 Å². The molecule has 4 rings (SSSR count). The van der Waals surface area contributed by atoms with Gasteiger partial charge in [0.2, 0.25) is 0 Å². The Hall–Kier alpha value is -2.31. The minimum atomic E-state index is -0.299. The number of imidazole rings is 1. The Bertz CT molecular complexity index is 1040. The smallest absolute Gasteiger partial charge is 0.350 e. The summed E-state index contributed by atoms with van der Waals surface area (Å²) in [6, 6.07) is 16.2. The molecule has 0 amide bonds. The number of nitrogens with zero attached hydrogens (tertiary/aromatic N) is 2. The molecule has 3 aromatic heterocycles. The zero-order valence-electron chi connectivity index (χ0n) is 13.6. The number of carbonyl (C=O) groups excluding carboxylic acids is 1. The van der Waals surface area contributed by atoms with Crippen molar-refractivity contribution in [3.05, 3.63) is 65.2 Å². The summed E-state index contributed by atoms with van der Waals surface area (Å²) in [4.78, 5) is 17.6. The number of rotatable bonds is 5. The van der Waals surface area contributed by atoms with Crippen LogP contribution in [0.2, 0.25) is 0 Å². The fourth-order valence-electron chi connectivity index (χ4n) is 2.69. The fourth-order valence-corrected chi connectivity index (χ4v) is 5.04. The van der Waals surface area contributed by atoms with Crippen molar-refractivity contribution in [3.8, 4) is 0 Å². The topological polar surface area (TPSA) is 43.6 Å². The van der Waals surface area contributed by atoms with Crippen molar-refractivity contribution in [3.63, 3.8) is 0 Å². The van der Waals surface area contributed by atoms with E-state index in [4.69, 9.17) is 4.74 Å². The molecular weight excluding hydrogens is 352 g/mol. The molecule has 0 saturated heterocycles. The van der Waals surface area contributed by atoms with E-state index in [0.717, 1.165) is 26.6 Å². The van der Waals surface area contributed by atoms with Gasteiger partial charge in [-0.2, -0.15) is 0 Å². The fraction of sp³-hybridized carbons (Fsp3) is 0.158. The number of pyridine rings is 1. The maximum Gasteiger partial charge on any atom is 0.350 e. The standard InChI is InChI=1S/C19H16N2O2S2/c1-2-23-18(22)17-15-16(21-11-7-6-10-14(21)20-15)19(25-17)24-12-13-8-4-3-5-9-13/h3-11H,2,12H2,1H3. The van der Waals surface area contributed by atoms with E-state index in [1.165, 1.54) is 16.9 Å². The van der Waals surface area contributed by atoms with Crippen LogP contribution in [0.25, 0.3) is 16.7 Å². The lowest BCUT2D eigenvalue weighted by molar-refractivity contribution is 0.0534. The second-order valence-electron chi connectivity index (χ2n) is 5.45. The van der Waals surface area contributed by atoms with E-state index in [9.17, 15) is 4.79 Å². The van der Waals surface area contributed by atoms with Gasteiger partial charge in [0.25, 0.3) is 0 Å². The van der Waals surface area contributed by atoms with E-state index < -0.39 is 0 Å². The summed E-state index contributed by atoms with van der Waals surface area (Å²) in [5, 5.41) is 0. The Balaban J connectivity index is 1.80. The van der Waals surface area contributed by atoms with E-state index in [0.29, 0.717) is 11.5 Å². The van der Waals surface area contributed by atoms with Crippen molar-refractivity contribution in [2.24, 2.45) is 0 Å². The Morgan fingerprint density at radius 3 is 2.80 bits per heavy atom. The van der Waals surface area contributed by atoms with Crippen LogP contribution in [0.5, 0.6) is 0 Å². The molecule has 0 saturated carbocycles. The molecule has 6 heteroatoms. The van der Waals surface area contributed by atoms with Gasteiger partial charge in [0.1, 0.15) is 16.0 Å². The van der Waals surface area contributed by atoms with Gasteiger partial charge in [-0.3, -0.25) is 4.40 Å². The molecule has 126 valence electrons. The summed E-state index contributed by atoms with van der Waals surface area (Å²) < 4.78 is 8.35. The monoisotopic (exact) mass is 368 g/mol. The van der Waals surface area contributed by atoms with Gasteiger partial charge in [-0.1, -0.05) is 36.4 Å². The van der Waals surface area contributed by atoms with Crippen LogP contribution in [0.4, 0.5) is 0 Å². The molecule has 0 aliphatic rings. The second-order valence-corrected chi connectivity index (χ2v) is 7.72. The van der Waals surface area contributed by atoms with Gasteiger partial charge in [-0.25, -0.2) is 9.78 Å². The lowest BCUT2D eigenvalue weighted by atomic mass is 10.2. The van der Waals surface area contributed by atoms with E-state index in [1.54, 1.807) is 11.8 Å². The number of carbonyl (C=O) groups is 1. The summed E-state index contributed by atoms with van der Waals surface area (Å²) in [7, 11) is 0. The number of ether oxygens (including phenoxy) is 1. The van der Waals surface area contributed by atoms with Gasteiger partial charge in [0, 0.05) is 11.9 Å². The van der Waals surface area contributed by atoms with Crippen LogP contribution < -0.4 is 0 Å². The first kappa shape index (κ1) is 16.2. The highest BCUT2D eigenvalue weighted by molar-refractivity contribution is 8.00. The predicted molar refractivity (Wildman–Crippen MR) is 103 cm³/mol. The minimum Gasteiger partial charge on any atom is -0.462 e. The third kappa shape index (κ3) is 3.03. The van der Waals surface area contributed by atoms with Gasteiger partial charge in [-0.15, -0.1) is 23.1 Å². The number of hydrogen-bond donors (Lipinski definition) is 0. The molecule has 0 spiro atoms. The molecule has 0 unspecified atom stereocenters. The Morgan fingerprint density at radius 2 is 2.00 bits per heavy atom. The number of benzene rings is 1. The number of aromatic nitrogens is 2. The Morgan fingerprint density at radius 1 is 1.20 bits per heavy atom. The third-order valence-electron chi connectivity index (χ3n) is 3.81. The summed E-state index contributed by atoms with van der Waals surface area (Å²) in [5.41, 5.74) is 3.81. The number of hydrogen-bond acceptors (Lipinski definition) is 5. The molecule has 0 aliphatic carbocycles. The molecule has 4 nitrogen and oxygen atoms in total. The summed E-state index contributed by atoms with van der Waals surface area (Å²) in [6.45, 7) is 2.18. The van der Waals surface area contributed by atoms with Crippen LogP contribution in [-0.2, 0) is 10.5 Å². The number of thiophene rings is 1. The lowest BCUT2D eigenvalue weighted by Crippen LogP contribution is -2.02. The van der Waals surface area contributed by atoms with Crippen LogP contribution in [0.3, 0.4) is 0 Å². The number of thioether (sulfide) groups is 1. The first-order valence-electron chi connectivity index (χ1n) is 8.01. The van der Waals surface area contributed by atoms with Crippen LogP contribution >= 0.6 is 23.1 Å². The highest BCUT2D eigenvalue weighted by Crippen LogP contribution is 2.40. The molecule has 3 heterocycles. The normalized spacial score (nSPS) is 11.2. The molecule has 0 aliphatic heterocycles. The van der Waals surface area contributed by atoms with Crippen LogP contribution in [0.15, 0.2) is 58.9 Å². The average Bonchev–Trinajstić information content (AvgIpc) is 3.18. The molecule has 0 atom stereocenters. The molecule has 25 heavy (non-hydrogen) atoms. The van der Waals surface area contributed by atoms with Crippen molar-refractivity contribution in [1.82, 2.24) is 9.38 Å².